The topological polar surface area (TPSA) is 38.3 Å². The summed E-state index contributed by atoms with van der Waals surface area (Å²) >= 11 is 3.39. The predicted octanol–water partition coefficient (Wildman–Crippen LogP) is 2.14. The molecule has 2 rings (SSSR count). The van der Waals surface area contributed by atoms with E-state index in [1.807, 2.05) is 24.3 Å². The number of nitrogens with one attached hydrogen (secondary N) is 1. The van der Waals surface area contributed by atoms with Gasteiger partial charge in [-0.15, -0.1) is 0 Å². The summed E-state index contributed by atoms with van der Waals surface area (Å²) in [6.45, 7) is 4.30. The first kappa shape index (κ1) is 12.6. The zero-order chi connectivity index (χ0) is 12.3. The fourth-order valence-corrected chi connectivity index (χ4v) is 2.21. The quantitative estimate of drug-likeness (QED) is 0.925. The number of ether oxygens (including phenoxy) is 1. The van der Waals surface area contributed by atoms with Gasteiger partial charge in [-0.05, 0) is 17.7 Å². The normalized spacial score (nSPS) is 17.3. The fraction of sp³-hybridized carbons (Fsp3) is 0.462. The number of benzene rings is 1. The zero-order valence-electron chi connectivity index (χ0n) is 9.83. The highest BCUT2D eigenvalue weighted by atomic mass is 79.9. The molecule has 4 heteroatoms. The maximum atomic E-state index is 11.7. The van der Waals surface area contributed by atoms with Crippen LogP contribution in [0.1, 0.15) is 12.5 Å². The Labute approximate surface area is 110 Å². The van der Waals surface area contributed by atoms with Gasteiger partial charge in [0.25, 0.3) is 0 Å². The Morgan fingerprint density at radius 1 is 1.53 bits per heavy atom. The minimum Gasteiger partial charge on any atom is -0.380 e. The molecule has 92 valence electrons. The van der Waals surface area contributed by atoms with Crippen LogP contribution in [0.15, 0.2) is 28.7 Å². The molecule has 0 unspecified atom stereocenters. The maximum absolute atomic E-state index is 11.7. The second kappa shape index (κ2) is 5.19. The number of hydrogen-bond acceptors (Lipinski definition) is 2. The van der Waals surface area contributed by atoms with Crippen LogP contribution in [0, 0.1) is 5.41 Å². The molecule has 0 spiro atoms. The molecule has 0 bridgehead atoms. The van der Waals surface area contributed by atoms with Crippen molar-refractivity contribution in [3.8, 4) is 0 Å². The van der Waals surface area contributed by atoms with Crippen LogP contribution in [-0.2, 0) is 16.0 Å². The molecule has 0 saturated carbocycles. The SMILES string of the molecule is CC1(CNC(=O)Cc2cccc(Br)c2)COC1. The lowest BCUT2D eigenvalue weighted by Gasteiger charge is -2.38. The van der Waals surface area contributed by atoms with Crippen molar-refractivity contribution in [1.82, 2.24) is 5.32 Å². The van der Waals surface area contributed by atoms with Gasteiger partial charge in [0.1, 0.15) is 0 Å². The van der Waals surface area contributed by atoms with E-state index >= 15 is 0 Å². The largest absolute Gasteiger partial charge is 0.380 e. The van der Waals surface area contributed by atoms with Crippen molar-refractivity contribution in [2.45, 2.75) is 13.3 Å². The third-order valence-electron chi connectivity index (χ3n) is 2.87. The molecule has 1 aromatic carbocycles. The molecule has 0 radical (unpaired) electrons. The molecule has 1 aromatic rings. The molecule has 1 saturated heterocycles. The van der Waals surface area contributed by atoms with Gasteiger partial charge < -0.3 is 10.1 Å². The van der Waals surface area contributed by atoms with E-state index in [0.29, 0.717) is 13.0 Å². The molecule has 1 amide bonds. The van der Waals surface area contributed by atoms with Crippen molar-refractivity contribution in [2.24, 2.45) is 5.41 Å². The number of amides is 1. The molecule has 3 nitrogen and oxygen atoms in total. The summed E-state index contributed by atoms with van der Waals surface area (Å²) < 4.78 is 6.15. The Kier molecular flexibility index (Phi) is 3.84. The highest BCUT2D eigenvalue weighted by Crippen LogP contribution is 2.25. The van der Waals surface area contributed by atoms with Crippen molar-refractivity contribution >= 4 is 21.8 Å². The first-order valence-corrected chi connectivity index (χ1v) is 6.46. The lowest BCUT2D eigenvalue weighted by molar-refractivity contribution is -0.126. The number of carbonyl (C=O) groups is 1. The Hall–Kier alpha value is -0.870. The fourth-order valence-electron chi connectivity index (χ4n) is 1.76. The van der Waals surface area contributed by atoms with Crippen LogP contribution in [0.25, 0.3) is 0 Å². The number of hydrogen-bond donors (Lipinski definition) is 1. The Bertz CT molecular complexity index is 416. The second-order valence-electron chi connectivity index (χ2n) is 4.89. The molecular weight excluding hydrogens is 282 g/mol. The van der Waals surface area contributed by atoms with Crippen molar-refractivity contribution in [3.63, 3.8) is 0 Å². The Morgan fingerprint density at radius 3 is 2.88 bits per heavy atom. The van der Waals surface area contributed by atoms with Gasteiger partial charge in [0.15, 0.2) is 0 Å². The summed E-state index contributed by atoms with van der Waals surface area (Å²) in [5, 5.41) is 2.96. The van der Waals surface area contributed by atoms with Crippen molar-refractivity contribution < 1.29 is 9.53 Å². The van der Waals surface area contributed by atoms with Gasteiger partial charge in [0, 0.05) is 16.4 Å². The first-order chi connectivity index (χ1) is 8.07. The van der Waals surface area contributed by atoms with Crippen molar-refractivity contribution in [2.75, 3.05) is 19.8 Å². The molecule has 1 aliphatic rings. The smallest absolute Gasteiger partial charge is 0.224 e. The van der Waals surface area contributed by atoms with Crippen LogP contribution in [0.2, 0.25) is 0 Å². The average Bonchev–Trinajstić information content (AvgIpc) is 2.24. The van der Waals surface area contributed by atoms with Crippen molar-refractivity contribution in [3.05, 3.63) is 34.3 Å². The standard InChI is InChI=1S/C13H16BrNO2/c1-13(8-17-9-13)7-15-12(16)6-10-3-2-4-11(14)5-10/h2-5H,6-9H2,1H3,(H,15,16). The molecule has 17 heavy (non-hydrogen) atoms. The van der Waals surface area contributed by atoms with Crippen molar-refractivity contribution in [1.29, 1.82) is 0 Å². The van der Waals surface area contributed by atoms with E-state index in [1.165, 1.54) is 0 Å². The van der Waals surface area contributed by atoms with Gasteiger partial charge in [0.2, 0.25) is 5.91 Å². The molecule has 0 atom stereocenters. The predicted molar refractivity (Wildman–Crippen MR) is 69.8 cm³/mol. The molecule has 0 aliphatic carbocycles. The molecule has 0 aromatic heterocycles. The van der Waals surface area contributed by atoms with Crippen LogP contribution < -0.4 is 5.32 Å². The second-order valence-corrected chi connectivity index (χ2v) is 5.80. The van der Waals surface area contributed by atoms with Crippen LogP contribution in [-0.4, -0.2) is 25.7 Å². The summed E-state index contributed by atoms with van der Waals surface area (Å²) in [5.41, 5.74) is 1.15. The van der Waals surface area contributed by atoms with E-state index in [9.17, 15) is 4.79 Å². The molecule has 1 fully saturated rings. The van der Waals surface area contributed by atoms with E-state index in [1.54, 1.807) is 0 Å². The third-order valence-corrected chi connectivity index (χ3v) is 3.36. The van der Waals surface area contributed by atoms with Gasteiger partial charge in [-0.3, -0.25) is 4.79 Å². The number of rotatable bonds is 4. The monoisotopic (exact) mass is 297 g/mol. The molecule has 1 heterocycles. The third kappa shape index (κ3) is 3.54. The van der Waals surface area contributed by atoms with E-state index in [2.05, 4.69) is 28.2 Å². The zero-order valence-corrected chi connectivity index (χ0v) is 11.4. The molecular formula is C13H16BrNO2. The number of carbonyl (C=O) groups excluding carboxylic acids is 1. The van der Waals surface area contributed by atoms with Crippen LogP contribution >= 0.6 is 15.9 Å². The van der Waals surface area contributed by atoms with Gasteiger partial charge in [-0.2, -0.15) is 0 Å². The van der Waals surface area contributed by atoms with E-state index in [4.69, 9.17) is 4.74 Å². The Morgan fingerprint density at radius 2 is 2.29 bits per heavy atom. The summed E-state index contributed by atoms with van der Waals surface area (Å²) in [5.74, 6) is 0.0659. The first-order valence-electron chi connectivity index (χ1n) is 5.66. The van der Waals surface area contributed by atoms with E-state index in [-0.39, 0.29) is 11.3 Å². The number of halogens is 1. The minimum atomic E-state index is 0.0659. The average molecular weight is 298 g/mol. The Balaban J connectivity index is 1.81. The van der Waals surface area contributed by atoms with Gasteiger partial charge in [0.05, 0.1) is 19.6 Å². The van der Waals surface area contributed by atoms with Gasteiger partial charge in [-0.1, -0.05) is 35.0 Å². The molecule has 1 aliphatic heterocycles. The van der Waals surface area contributed by atoms with Gasteiger partial charge >= 0.3 is 0 Å². The lowest BCUT2D eigenvalue weighted by Crippen LogP contribution is -2.48. The summed E-state index contributed by atoms with van der Waals surface area (Å²) in [6.07, 6.45) is 0.427. The summed E-state index contributed by atoms with van der Waals surface area (Å²) in [6, 6.07) is 7.81. The summed E-state index contributed by atoms with van der Waals surface area (Å²) in [4.78, 5) is 11.7. The summed E-state index contributed by atoms with van der Waals surface area (Å²) in [7, 11) is 0. The lowest BCUT2D eigenvalue weighted by atomic mass is 9.89. The minimum absolute atomic E-state index is 0.0659. The van der Waals surface area contributed by atoms with Crippen LogP contribution in [0.5, 0.6) is 0 Å². The van der Waals surface area contributed by atoms with E-state index in [0.717, 1.165) is 23.2 Å². The molecule has 1 N–H and O–H groups in total. The van der Waals surface area contributed by atoms with Crippen LogP contribution in [0.4, 0.5) is 0 Å². The highest BCUT2D eigenvalue weighted by Gasteiger charge is 2.33. The van der Waals surface area contributed by atoms with E-state index < -0.39 is 0 Å². The van der Waals surface area contributed by atoms with Crippen LogP contribution in [0.3, 0.4) is 0 Å². The highest BCUT2D eigenvalue weighted by molar-refractivity contribution is 9.10. The van der Waals surface area contributed by atoms with Gasteiger partial charge in [-0.25, -0.2) is 0 Å². The maximum Gasteiger partial charge on any atom is 0.224 e.